The minimum Gasteiger partial charge on any atom is -0.337 e. The average molecular weight is 460 g/mol. The molecule has 2 aliphatic heterocycles. The molecule has 6 nitrogen and oxygen atoms in total. The SMILES string of the molecule is O=C(c1cccc(Cl)c1Cl)N1CCN(C(=O)C2CCCN2C(=O)c2ccccc2)CC1. The zero-order valence-electron chi connectivity index (χ0n) is 17.0. The first-order valence-electron chi connectivity index (χ1n) is 10.4. The summed E-state index contributed by atoms with van der Waals surface area (Å²) in [5, 5.41) is 0.583. The third kappa shape index (κ3) is 4.41. The monoisotopic (exact) mass is 459 g/mol. The largest absolute Gasteiger partial charge is 0.337 e. The van der Waals surface area contributed by atoms with Crippen LogP contribution in [0.2, 0.25) is 10.0 Å². The van der Waals surface area contributed by atoms with E-state index >= 15 is 0 Å². The van der Waals surface area contributed by atoms with E-state index in [-0.39, 0.29) is 22.7 Å². The topological polar surface area (TPSA) is 60.9 Å². The summed E-state index contributed by atoms with van der Waals surface area (Å²) < 4.78 is 0. The highest BCUT2D eigenvalue weighted by Gasteiger charge is 2.38. The standard InChI is InChI=1S/C23H23Cl2N3O3/c24-18-9-4-8-17(20(18)25)22(30)26-12-14-27(15-13-26)23(31)19-10-5-11-28(19)21(29)16-6-2-1-3-7-16/h1-4,6-9,19H,5,10-15H2. The Kier molecular flexibility index (Phi) is 6.49. The Morgan fingerprint density at radius 2 is 1.45 bits per heavy atom. The fourth-order valence-electron chi connectivity index (χ4n) is 4.19. The number of carbonyl (C=O) groups is 3. The highest BCUT2D eigenvalue weighted by atomic mass is 35.5. The summed E-state index contributed by atoms with van der Waals surface area (Å²) in [7, 11) is 0. The maximum Gasteiger partial charge on any atom is 0.255 e. The smallest absolute Gasteiger partial charge is 0.255 e. The normalized spacial score (nSPS) is 18.9. The van der Waals surface area contributed by atoms with Gasteiger partial charge in [-0.25, -0.2) is 0 Å². The maximum absolute atomic E-state index is 13.2. The van der Waals surface area contributed by atoms with Gasteiger partial charge in [-0.15, -0.1) is 0 Å². The second kappa shape index (κ2) is 9.28. The van der Waals surface area contributed by atoms with Crippen molar-refractivity contribution in [3.63, 3.8) is 0 Å². The highest BCUT2D eigenvalue weighted by molar-refractivity contribution is 6.43. The molecule has 2 heterocycles. The molecule has 2 aromatic rings. The van der Waals surface area contributed by atoms with Crippen LogP contribution in [-0.2, 0) is 4.79 Å². The van der Waals surface area contributed by atoms with Gasteiger partial charge in [0.2, 0.25) is 5.91 Å². The van der Waals surface area contributed by atoms with Crippen LogP contribution in [0.25, 0.3) is 0 Å². The van der Waals surface area contributed by atoms with E-state index in [1.165, 1.54) is 0 Å². The van der Waals surface area contributed by atoms with Gasteiger partial charge in [0.25, 0.3) is 11.8 Å². The summed E-state index contributed by atoms with van der Waals surface area (Å²) in [5.74, 6) is -0.350. The third-order valence-corrected chi connectivity index (χ3v) is 6.70. The molecule has 1 atom stereocenters. The Balaban J connectivity index is 1.39. The second-order valence-electron chi connectivity index (χ2n) is 7.74. The molecule has 0 saturated carbocycles. The van der Waals surface area contributed by atoms with Crippen molar-refractivity contribution in [2.45, 2.75) is 18.9 Å². The fraction of sp³-hybridized carbons (Fsp3) is 0.348. The van der Waals surface area contributed by atoms with Gasteiger partial charge in [-0.1, -0.05) is 47.5 Å². The molecule has 0 N–H and O–H groups in total. The lowest BCUT2D eigenvalue weighted by Gasteiger charge is -2.37. The average Bonchev–Trinajstić information content (AvgIpc) is 3.30. The number of hydrogen-bond donors (Lipinski definition) is 0. The van der Waals surface area contributed by atoms with Crippen LogP contribution in [0.15, 0.2) is 48.5 Å². The van der Waals surface area contributed by atoms with Gasteiger partial charge < -0.3 is 14.7 Å². The Bertz CT molecular complexity index is 991. The van der Waals surface area contributed by atoms with Crippen molar-refractivity contribution in [1.29, 1.82) is 0 Å². The van der Waals surface area contributed by atoms with Crippen LogP contribution < -0.4 is 0 Å². The number of nitrogens with zero attached hydrogens (tertiary/aromatic N) is 3. The van der Waals surface area contributed by atoms with Gasteiger partial charge in [0.1, 0.15) is 6.04 Å². The number of halogens is 2. The molecule has 162 valence electrons. The fourth-order valence-corrected chi connectivity index (χ4v) is 4.57. The predicted octanol–water partition coefficient (Wildman–Crippen LogP) is 3.58. The molecule has 31 heavy (non-hydrogen) atoms. The van der Waals surface area contributed by atoms with Crippen molar-refractivity contribution >= 4 is 40.9 Å². The lowest BCUT2D eigenvalue weighted by molar-refractivity contribution is -0.136. The van der Waals surface area contributed by atoms with E-state index in [1.54, 1.807) is 45.0 Å². The molecule has 4 rings (SSSR count). The van der Waals surface area contributed by atoms with Crippen molar-refractivity contribution in [3.8, 4) is 0 Å². The highest BCUT2D eigenvalue weighted by Crippen LogP contribution is 2.27. The van der Waals surface area contributed by atoms with E-state index in [0.29, 0.717) is 55.3 Å². The van der Waals surface area contributed by atoms with E-state index in [0.717, 1.165) is 6.42 Å². The Hall–Kier alpha value is -2.57. The number of carbonyl (C=O) groups excluding carboxylic acids is 3. The van der Waals surface area contributed by atoms with Crippen LogP contribution in [0, 0.1) is 0 Å². The van der Waals surface area contributed by atoms with Crippen molar-refractivity contribution in [2.75, 3.05) is 32.7 Å². The Morgan fingerprint density at radius 3 is 2.16 bits per heavy atom. The molecule has 0 aliphatic carbocycles. The lowest BCUT2D eigenvalue weighted by atomic mass is 10.1. The summed E-state index contributed by atoms with van der Waals surface area (Å²) >= 11 is 12.2. The van der Waals surface area contributed by atoms with Crippen LogP contribution in [-0.4, -0.2) is 71.2 Å². The van der Waals surface area contributed by atoms with Gasteiger partial charge in [0, 0.05) is 38.3 Å². The number of benzene rings is 2. The predicted molar refractivity (Wildman–Crippen MR) is 119 cm³/mol. The lowest BCUT2D eigenvalue weighted by Crippen LogP contribution is -2.55. The molecule has 2 fully saturated rings. The van der Waals surface area contributed by atoms with Crippen LogP contribution in [0.1, 0.15) is 33.6 Å². The van der Waals surface area contributed by atoms with Gasteiger partial charge in [-0.05, 0) is 37.1 Å². The molecule has 3 amide bonds. The van der Waals surface area contributed by atoms with Crippen LogP contribution in [0.4, 0.5) is 0 Å². The first-order valence-corrected chi connectivity index (χ1v) is 11.1. The van der Waals surface area contributed by atoms with Crippen molar-refractivity contribution in [2.24, 2.45) is 0 Å². The molecule has 1 unspecified atom stereocenters. The third-order valence-electron chi connectivity index (χ3n) is 5.88. The van der Waals surface area contributed by atoms with Crippen molar-refractivity contribution in [1.82, 2.24) is 14.7 Å². The zero-order valence-corrected chi connectivity index (χ0v) is 18.5. The van der Waals surface area contributed by atoms with Gasteiger partial charge >= 0.3 is 0 Å². The van der Waals surface area contributed by atoms with Crippen LogP contribution >= 0.6 is 23.2 Å². The molecule has 0 spiro atoms. The summed E-state index contributed by atoms with van der Waals surface area (Å²) in [5.41, 5.74) is 0.959. The molecular weight excluding hydrogens is 437 g/mol. The number of hydrogen-bond acceptors (Lipinski definition) is 3. The molecule has 2 saturated heterocycles. The first-order chi connectivity index (χ1) is 15.0. The summed E-state index contributed by atoms with van der Waals surface area (Å²) in [6.07, 6.45) is 1.47. The van der Waals surface area contributed by atoms with Crippen molar-refractivity contribution in [3.05, 3.63) is 69.7 Å². The molecular formula is C23H23Cl2N3O3. The molecule has 0 bridgehead atoms. The van der Waals surface area contributed by atoms with Crippen molar-refractivity contribution < 1.29 is 14.4 Å². The van der Waals surface area contributed by atoms with Crippen LogP contribution in [0.3, 0.4) is 0 Å². The molecule has 8 heteroatoms. The Labute approximate surface area is 191 Å². The van der Waals surface area contributed by atoms with Gasteiger partial charge in [-0.2, -0.15) is 0 Å². The van der Waals surface area contributed by atoms with E-state index in [9.17, 15) is 14.4 Å². The molecule has 0 aromatic heterocycles. The number of piperazine rings is 1. The molecule has 2 aliphatic rings. The number of amides is 3. The van der Waals surface area contributed by atoms with E-state index < -0.39 is 6.04 Å². The van der Waals surface area contributed by atoms with Gasteiger partial charge in [0.15, 0.2) is 0 Å². The number of likely N-dealkylation sites (tertiary alicyclic amines) is 1. The minimum absolute atomic E-state index is 0.0466. The van der Waals surface area contributed by atoms with E-state index in [2.05, 4.69) is 0 Å². The second-order valence-corrected chi connectivity index (χ2v) is 8.53. The van der Waals surface area contributed by atoms with Gasteiger partial charge in [0.05, 0.1) is 15.6 Å². The number of rotatable bonds is 3. The first kappa shape index (κ1) is 21.7. The summed E-state index contributed by atoms with van der Waals surface area (Å²) in [6, 6.07) is 13.6. The minimum atomic E-state index is -0.447. The quantitative estimate of drug-likeness (QED) is 0.704. The molecule has 0 radical (unpaired) electrons. The molecule has 2 aromatic carbocycles. The van der Waals surface area contributed by atoms with Crippen LogP contribution in [0.5, 0.6) is 0 Å². The zero-order chi connectivity index (χ0) is 22.0. The van der Waals surface area contributed by atoms with E-state index in [4.69, 9.17) is 23.2 Å². The summed E-state index contributed by atoms with van der Waals surface area (Å²) in [6.45, 7) is 2.24. The van der Waals surface area contributed by atoms with E-state index in [1.807, 2.05) is 18.2 Å². The maximum atomic E-state index is 13.2. The Morgan fingerprint density at radius 1 is 0.774 bits per heavy atom. The summed E-state index contributed by atoms with van der Waals surface area (Å²) in [4.78, 5) is 44.0. The van der Waals surface area contributed by atoms with Gasteiger partial charge in [-0.3, -0.25) is 14.4 Å².